The van der Waals surface area contributed by atoms with Crippen molar-refractivity contribution in [3.8, 4) is 11.3 Å². The molecule has 0 aliphatic rings. The fraction of sp³-hybridized carbons (Fsp3) is 0.111. The van der Waals surface area contributed by atoms with Crippen molar-refractivity contribution in [3.05, 3.63) is 75.6 Å². The van der Waals surface area contributed by atoms with E-state index in [2.05, 4.69) is 15.6 Å². The standard InChI is InChI=1S/C18H16ClN3OS/c19-16-5-3-13(4-6-16)10-21-18(23)22-11-14-2-1-8-20-17(14)15-7-9-24-12-15/h1-9,12H,10-11H2,(H2,21,22,23). The summed E-state index contributed by atoms with van der Waals surface area (Å²) >= 11 is 7.47. The lowest BCUT2D eigenvalue weighted by Gasteiger charge is -2.10. The highest BCUT2D eigenvalue weighted by atomic mass is 35.5. The van der Waals surface area contributed by atoms with Crippen LogP contribution < -0.4 is 10.6 Å². The molecule has 3 aromatic rings. The number of urea groups is 1. The van der Waals surface area contributed by atoms with E-state index in [1.165, 1.54) is 0 Å². The molecule has 24 heavy (non-hydrogen) atoms. The first-order chi connectivity index (χ1) is 11.7. The Labute approximate surface area is 149 Å². The molecule has 6 heteroatoms. The average Bonchev–Trinajstić information content (AvgIpc) is 3.14. The molecular formula is C18H16ClN3OS. The maximum absolute atomic E-state index is 12.0. The van der Waals surface area contributed by atoms with Crippen LogP contribution in [0.5, 0.6) is 0 Å². The SMILES string of the molecule is O=C(NCc1ccc(Cl)cc1)NCc1cccnc1-c1ccsc1. The normalized spacial score (nSPS) is 10.4. The van der Waals surface area contributed by atoms with E-state index in [9.17, 15) is 4.79 Å². The van der Waals surface area contributed by atoms with Gasteiger partial charge in [0.05, 0.1) is 5.69 Å². The number of carbonyl (C=O) groups excluding carboxylic acids is 1. The zero-order valence-corrected chi connectivity index (χ0v) is 14.4. The quantitative estimate of drug-likeness (QED) is 0.708. The fourth-order valence-electron chi connectivity index (χ4n) is 2.26. The van der Waals surface area contributed by atoms with E-state index in [4.69, 9.17) is 11.6 Å². The number of aromatic nitrogens is 1. The Morgan fingerprint density at radius 1 is 1.08 bits per heavy atom. The Morgan fingerprint density at radius 3 is 2.62 bits per heavy atom. The van der Waals surface area contributed by atoms with Crippen LogP contribution in [0.1, 0.15) is 11.1 Å². The van der Waals surface area contributed by atoms with E-state index in [1.807, 2.05) is 41.1 Å². The zero-order valence-electron chi connectivity index (χ0n) is 12.8. The lowest BCUT2D eigenvalue weighted by molar-refractivity contribution is 0.240. The van der Waals surface area contributed by atoms with Crippen LogP contribution in [0.2, 0.25) is 5.02 Å². The third-order valence-electron chi connectivity index (χ3n) is 3.49. The van der Waals surface area contributed by atoms with Crippen LogP contribution in [0.15, 0.2) is 59.4 Å². The molecule has 0 saturated carbocycles. The van der Waals surface area contributed by atoms with Crippen LogP contribution in [-0.4, -0.2) is 11.0 Å². The number of carbonyl (C=O) groups is 1. The van der Waals surface area contributed by atoms with Gasteiger partial charge in [-0.15, -0.1) is 0 Å². The second kappa shape index (κ2) is 7.95. The first-order valence-electron chi connectivity index (χ1n) is 7.45. The van der Waals surface area contributed by atoms with Gasteiger partial charge in [-0.1, -0.05) is 29.8 Å². The van der Waals surface area contributed by atoms with Gasteiger partial charge in [-0.05, 0) is 40.8 Å². The summed E-state index contributed by atoms with van der Waals surface area (Å²) in [4.78, 5) is 16.4. The molecule has 0 atom stereocenters. The summed E-state index contributed by atoms with van der Waals surface area (Å²) < 4.78 is 0. The van der Waals surface area contributed by atoms with Crippen molar-refractivity contribution in [1.82, 2.24) is 15.6 Å². The lowest BCUT2D eigenvalue weighted by atomic mass is 10.1. The topological polar surface area (TPSA) is 54.0 Å². The van der Waals surface area contributed by atoms with Crippen molar-refractivity contribution >= 4 is 29.0 Å². The van der Waals surface area contributed by atoms with Gasteiger partial charge in [-0.3, -0.25) is 4.98 Å². The molecule has 0 fully saturated rings. The van der Waals surface area contributed by atoms with Gasteiger partial charge in [0.15, 0.2) is 0 Å². The van der Waals surface area contributed by atoms with E-state index in [-0.39, 0.29) is 6.03 Å². The first kappa shape index (κ1) is 16.5. The maximum atomic E-state index is 12.0. The van der Waals surface area contributed by atoms with Crippen LogP contribution in [-0.2, 0) is 13.1 Å². The van der Waals surface area contributed by atoms with Gasteiger partial charge in [0.2, 0.25) is 0 Å². The molecule has 0 spiro atoms. The van der Waals surface area contributed by atoms with Crippen molar-refractivity contribution in [2.45, 2.75) is 13.1 Å². The smallest absolute Gasteiger partial charge is 0.315 e. The summed E-state index contributed by atoms with van der Waals surface area (Å²) in [5.74, 6) is 0. The molecule has 3 rings (SSSR count). The number of rotatable bonds is 5. The van der Waals surface area contributed by atoms with E-state index in [0.29, 0.717) is 18.1 Å². The highest BCUT2D eigenvalue weighted by molar-refractivity contribution is 7.08. The summed E-state index contributed by atoms with van der Waals surface area (Å²) in [5.41, 5.74) is 3.95. The minimum absolute atomic E-state index is 0.218. The largest absolute Gasteiger partial charge is 0.334 e. The van der Waals surface area contributed by atoms with Gasteiger partial charge in [0.1, 0.15) is 0 Å². The number of hydrogen-bond donors (Lipinski definition) is 2. The summed E-state index contributed by atoms with van der Waals surface area (Å²) in [6, 6.07) is 13.0. The molecule has 0 aliphatic heterocycles. The number of pyridine rings is 1. The fourth-order valence-corrected chi connectivity index (χ4v) is 3.03. The van der Waals surface area contributed by atoms with E-state index >= 15 is 0 Å². The Hall–Kier alpha value is -2.37. The molecule has 2 heterocycles. The molecule has 0 saturated heterocycles. The first-order valence-corrected chi connectivity index (χ1v) is 8.77. The molecule has 0 aliphatic carbocycles. The molecule has 0 bridgehead atoms. The molecule has 0 unspecified atom stereocenters. The molecule has 2 amide bonds. The minimum atomic E-state index is -0.218. The van der Waals surface area contributed by atoms with Gasteiger partial charge in [0, 0.05) is 35.3 Å². The molecule has 2 aromatic heterocycles. The summed E-state index contributed by atoms with van der Waals surface area (Å²) in [5, 5.41) is 10.4. The van der Waals surface area contributed by atoms with Crippen molar-refractivity contribution in [2.75, 3.05) is 0 Å². The van der Waals surface area contributed by atoms with Crippen molar-refractivity contribution < 1.29 is 4.79 Å². The third kappa shape index (κ3) is 4.34. The summed E-state index contributed by atoms with van der Waals surface area (Å²) in [6.07, 6.45) is 1.76. The number of hydrogen-bond acceptors (Lipinski definition) is 3. The average molecular weight is 358 g/mol. The van der Waals surface area contributed by atoms with Crippen molar-refractivity contribution in [1.29, 1.82) is 0 Å². The Morgan fingerprint density at radius 2 is 1.88 bits per heavy atom. The highest BCUT2D eigenvalue weighted by Crippen LogP contribution is 2.23. The van der Waals surface area contributed by atoms with E-state index < -0.39 is 0 Å². The highest BCUT2D eigenvalue weighted by Gasteiger charge is 2.08. The number of nitrogens with one attached hydrogen (secondary N) is 2. The number of nitrogens with zero attached hydrogens (tertiary/aromatic N) is 1. The number of amides is 2. The van der Waals surface area contributed by atoms with E-state index in [0.717, 1.165) is 22.4 Å². The second-order valence-corrected chi connectivity index (χ2v) is 6.40. The van der Waals surface area contributed by atoms with Crippen LogP contribution in [0.25, 0.3) is 11.3 Å². The molecule has 4 nitrogen and oxygen atoms in total. The van der Waals surface area contributed by atoms with E-state index in [1.54, 1.807) is 29.7 Å². The van der Waals surface area contributed by atoms with Crippen molar-refractivity contribution in [2.24, 2.45) is 0 Å². The predicted octanol–water partition coefficient (Wildman–Crippen LogP) is 4.46. The van der Waals surface area contributed by atoms with Gasteiger partial charge in [-0.2, -0.15) is 11.3 Å². The monoisotopic (exact) mass is 357 g/mol. The van der Waals surface area contributed by atoms with Gasteiger partial charge >= 0.3 is 6.03 Å². The van der Waals surface area contributed by atoms with Crippen LogP contribution in [0.4, 0.5) is 4.79 Å². The van der Waals surface area contributed by atoms with Gasteiger partial charge in [0.25, 0.3) is 0 Å². The van der Waals surface area contributed by atoms with Crippen LogP contribution in [0, 0.1) is 0 Å². The lowest BCUT2D eigenvalue weighted by Crippen LogP contribution is -2.34. The van der Waals surface area contributed by atoms with Crippen molar-refractivity contribution in [3.63, 3.8) is 0 Å². The predicted molar refractivity (Wildman–Crippen MR) is 98.1 cm³/mol. The molecule has 122 valence electrons. The molecule has 0 radical (unpaired) electrons. The van der Waals surface area contributed by atoms with Gasteiger partial charge < -0.3 is 10.6 Å². The summed E-state index contributed by atoms with van der Waals surface area (Å²) in [6.45, 7) is 0.874. The zero-order chi connectivity index (χ0) is 16.8. The van der Waals surface area contributed by atoms with Crippen LogP contribution >= 0.6 is 22.9 Å². The van der Waals surface area contributed by atoms with Crippen LogP contribution in [0.3, 0.4) is 0 Å². The Kier molecular flexibility index (Phi) is 5.46. The summed E-state index contributed by atoms with van der Waals surface area (Å²) in [7, 11) is 0. The Bertz CT molecular complexity index is 803. The number of halogens is 1. The maximum Gasteiger partial charge on any atom is 0.315 e. The van der Waals surface area contributed by atoms with Gasteiger partial charge in [-0.25, -0.2) is 4.79 Å². The minimum Gasteiger partial charge on any atom is -0.334 e. The molecule has 2 N–H and O–H groups in total. The number of benzene rings is 1. The third-order valence-corrected chi connectivity index (χ3v) is 4.43. The molecule has 1 aromatic carbocycles. The Balaban J connectivity index is 1.56. The number of thiophene rings is 1. The molecular weight excluding hydrogens is 342 g/mol. The second-order valence-electron chi connectivity index (χ2n) is 5.19.